The van der Waals surface area contributed by atoms with Crippen LogP contribution in [0, 0.1) is 5.92 Å². The van der Waals surface area contributed by atoms with Crippen molar-refractivity contribution in [1.29, 1.82) is 0 Å². The van der Waals surface area contributed by atoms with Gasteiger partial charge in [-0.15, -0.1) is 0 Å². The molecule has 0 aliphatic heterocycles. The van der Waals surface area contributed by atoms with Gasteiger partial charge in [0.25, 0.3) is 0 Å². The zero-order valence-electron chi connectivity index (χ0n) is 13.0. The smallest absolute Gasteiger partial charge is 0.131 e. The molecule has 0 amide bonds. The van der Waals surface area contributed by atoms with Crippen LogP contribution in [0.25, 0.3) is 11.3 Å². The third kappa shape index (κ3) is 3.03. The van der Waals surface area contributed by atoms with Crippen LogP contribution in [0.5, 0.6) is 0 Å². The first-order valence-electron chi connectivity index (χ1n) is 7.43. The fourth-order valence-electron chi connectivity index (χ4n) is 2.49. The molecule has 0 saturated heterocycles. The van der Waals surface area contributed by atoms with Gasteiger partial charge in [0, 0.05) is 19.0 Å². The highest BCUT2D eigenvalue weighted by Crippen LogP contribution is 2.26. The lowest BCUT2D eigenvalue weighted by Gasteiger charge is -2.06. The number of nitrogens with zero attached hydrogens (tertiary/aromatic N) is 2. The summed E-state index contributed by atoms with van der Waals surface area (Å²) < 4.78 is 2.00. The summed E-state index contributed by atoms with van der Waals surface area (Å²) in [7, 11) is 1.99. The second-order valence-electron chi connectivity index (χ2n) is 5.87. The van der Waals surface area contributed by atoms with Gasteiger partial charge in [-0.1, -0.05) is 45.0 Å². The molecule has 20 heavy (non-hydrogen) atoms. The molecule has 0 fully saturated rings. The van der Waals surface area contributed by atoms with Crippen LogP contribution in [0.4, 0.5) is 5.82 Å². The Balaban J connectivity index is 2.29. The van der Waals surface area contributed by atoms with E-state index in [-0.39, 0.29) is 0 Å². The van der Waals surface area contributed by atoms with Crippen molar-refractivity contribution >= 4 is 5.82 Å². The molecule has 1 heterocycles. The lowest BCUT2D eigenvalue weighted by Crippen LogP contribution is -2.01. The quantitative estimate of drug-likeness (QED) is 0.898. The topological polar surface area (TPSA) is 43.8 Å². The largest absolute Gasteiger partial charge is 0.383 e. The Morgan fingerprint density at radius 1 is 1.20 bits per heavy atom. The van der Waals surface area contributed by atoms with Crippen molar-refractivity contribution in [3.8, 4) is 11.3 Å². The Kier molecular flexibility index (Phi) is 4.48. The lowest BCUT2D eigenvalue weighted by atomic mass is 10.0. The Hall–Kier alpha value is -1.77. The van der Waals surface area contributed by atoms with E-state index in [1.54, 1.807) is 0 Å². The van der Waals surface area contributed by atoms with E-state index >= 15 is 0 Å². The fraction of sp³-hybridized carbons (Fsp3) is 0.471. The van der Waals surface area contributed by atoms with Crippen molar-refractivity contribution < 1.29 is 0 Å². The van der Waals surface area contributed by atoms with E-state index in [2.05, 4.69) is 45.0 Å². The van der Waals surface area contributed by atoms with Gasteiger partial charge in [0.2, 0.25) is 0 Å². The van der Waals surface area contributed by atoms with E-state index < -0.39 is 0 Å². The third-order valence-corrected chi connectivity index (χ3v) is 3.58. The molecule has 0 radical (unpaired) electrons. The Bertz CT molecular complexity index is 565. The van der Waals surface area contributed by atoms with Crippen LogP contribution < -0.4 is 5.73 Å². The van der Waals surface area contributed by atoms with Gasteiger partial charge in [-0.05, 0) is 24.3 Å². The summed E-state index contributed by atoms with van der Waals surface area (Å²) in [4.78, 5) is 4.70. The highest BCUT2D eigenvalue weighted by Gasteiger charge is 2.13. The molecular formula is C17H25N3. The van der Waals surface area contributed by atoms with Crippen LogP contribution in [-0.4, -0.2) is 9.55 Å². The molecular weight excluding hydrogens is 246 g/mol. The molecule has 0 spiro atoms. The molecule has 0 atom stereocenters. The zero-order valence-corrected chi connectivity index (χ0v) is 13.0. The fourth-order valence-corrected chi connectivity index (χ4v) is 2.49. The first-order valence-corrected chi connectivity index (χ1v) is 7.43. The highest BCUT2D eigenvalue weighted by atomic mass is 15.1. The number of anilines is 1. The maximum Gasteiger partial charge on any atom is 0.131 e. The standard InChI is InChI=1S/C17H25N3/c1-5-6-15-19-16(17(18)20(15)4)14-9-7-13(8-10-14)11-12(2)3/h7-10,12H,5-6,11,18H2,1-4H3. The van der Waals surface area contributed by atoms with Crippen molar-refractivity contribution in [2.24, 2.45) is 13.0 Å². The second kappa shape index (κ2) is 6.12. The van der Waals surface area contributed by atoms with Crippen LogP contribution in [-0.2, 0) is 19.9 Å². The predicted molar refractivity (Wildman–Crippen MR) is 85.6 cm³/mol. The third-order valence-electron chi connectivity index (χ3n) is 3.58. The first kappa shape index (κ1) is 14.6. The number of nitrogen functional groups attached to an aromatic ring is 1. The monoisotopic (exact) mass is 271 g/mol. The van der Waals surface area contributed by atoms with Crippen LogP contribution in [0.3, 0.4) is 0 Å². The number of benzene rings is 1. The second-order valence-corrected chi connectivity index (χ2v) is 5.87. The summed E-state index contributed by atoms with van der Waals surface area (Å²) in [6.45, 7) is 6.63. The minimum absolute atomic E-state index is 0.678. The molecule has 0 bridgehead atoms. The minimum Gasteiger partial charge on any atom is -0.383 e. The van der Waals surface area contributed by atoms with Crippen molar-refractivity contribution in [2.75, 3.05) is 5.73 Å². The van der Waals surface area contributed by atoms with E-state index in [1.807, 2.05) is 11.6 Å². The maximum atomic E-state index is 6.18. The molecule has 0 unspecified atom stereocenters. The molecule has 0 saturated carbocycles. The molecule has 0 aliphatic carbocycles. The zero-order chi connectivity index (χ0) is 14.7. The van der Waals surface area contributed by atoms with Crippen molar-refractivity contribution in [3.05, 3.63) is 35.7 Å². The number of nitrogens with two attached hydrogens (primary N) is 1. The van der Waals surface area contributed by atoms with Gasteiger partial charge in [0.1, 0.15) is 17.3 Å². The highest BCUT2D eigenvalue weighted by molar-refractivity contribution is 5.71. The first-order chi connectivity index (χ1) is 9.52. The van der Waals surface area contributed by atoms with Crippen molar-refractivity contribution in [1.82, 2.24) is 9.55 Å². The predicted octanol–water partition coefficient (Wildman–Crippen LogP) is 3.82. The Morgan fingerprint density at radius 3 is 2.40 bits per heavy atom. The van der Waals surface area contributed by atoms with Gasteiger partial charge in [-0.3, -0.25) is 0 Å². The van der Waals surface area contributed by atoms with Crippen molar-refractivity contribution in [3.63, 3.8) is 0 Å². The number of hydrogen-bond donors (Lipinski definition) is 1. The van der Waals surface area contributed by atoms with E-state index in [4.69, 9.17) is 10.7 Å². The van der Waals surface area contributed by atoms with Crippen LogP contribution in [0.2, 0.25) is 0 Å². The van der Waals surface area contributed by atoms with Crippen molar-refractivity contribution in [2.45, 2.75) is 40.0 Å². The number of imidazole rings is 1. The normalized spacial score (nSPS) is 11.2. The van der Waals surface area contributed by atoms with Gasteiger partial charge >= 0.3 is 0 Å². The molecule has 3 heteroatoms. The Labute approximate surface area is 121 Å². The van der Waals surface area contributed by atoms with Gasteiger partial charge in [-0.2, -0.15) is 0 Å². The molecule has 108 valence electrons. The average molecular weight is 271 g/mol. The molecule has 1 aromatic carbocycles. The summed E-state index contributed by atoms with van der Waals surface area (Å²) in [5, 5.41) is 0. The molecule has 1 aromatic heterocycles. The lowest BCUT2D eigenvalue weighted by molar-refractivity contribution is 0.647. The summed E-state index contributed by atoms with van der Waals surface area (Å²) in [6.07, 6.45) is 3.16. The van der Waals surface area contributed by atoms with Gasteiger partial charge in [0.05, 0.1) is 0 Å². The van der Waals surface area contributed by atoms with E-state index in [0.717, 1.165) is 42.2 Å². The SMILES string of the molecule is CCCc1nc(-c2ccc(CC(C)C)cc2)c(N)n1C. The van der Waals surface area contributed by atoms with E-state index in [9.17, 15) is 0 Å². The molecule has 2 rings (SSSR count). The van der Waals surface area contributed by atoms with Gasteiger partial charge in [-0.25, -0.2) is 4.98 Å². The van der Waals surface area contributed by atoms with E-state index in [0.29, 0.717) is 5.92 Å². The maximum absolute atomic E-state index is 6.18. The summed E-state index contributed by atoms with van der Waals surface area (Å²) in [5.41, 5.74) is 9.57. The summed E-state index contributed by atoms with van der Waals surface area (Å²) >= 11 is 0. The molecule has 2 aromatic rings. The molecule has 3 nitrogen and oxygen atoms in total. The van der Waals surface area contributed by atoms with Crippen LogP contribution >= 0.6 is 0 Å². The van der Waals surface area contributed by atoms with Gasteiger partial charge in [0.15, 0.2) is 0 Å². The Morgan fingerprint density at radius 2 is 1.85 bits per heavy atom. The summed E-state index contributed by atoms with van der Waals surface area (Å²) in [5.74, 6) is 2.49. The molecule has 2 N–H and O–H groups in total. The van der Waals surface area contributed by atoms with Crippen LogP contribution in [0.15, 0.2) is 24.3 Å². The van der Waals surface area contributed by atoms with E-state index in [1.165, 1.54) is 5.56 Å². The average Bonchev–Trinajstić information content (AvgIpc) is 2.68. The number of rotatable bonds is 5. The van der Waals surface area contributed by atoms with Gasteiger partial charge < -0.3 is 10.3 Å². The number of aromatic nitrogens is 2. The number of hydrogen-bond acceptors (Lipinski definition) is 2. The minimum atomic E-state index is 0.678. The van der Waals surface area contributed by atoms with Crippen LogP contribution in [0.1, 0.15) is 38.6 Å². The number of aryl methyl sites for hydroxylation is 1. The molecule has 0 aliphatic rings. The summed E-state index contributed by atoms with van der Waals surface area (Å²) in [6, 6.07) is 8.63.